The number of hydrogen-bond acceptors (Lipinski definition) is 6. The predicted octanol–water partition coefficient (Wildman–Crippen LogP) is 2.23. The van der Waals surface area contributed by atoms with E-state index in [1.165, 1.54) is 13.4 Å². The number of H-pyrrole nitrogens is 2. The highest BCUT2D eigenvalue weighted by molar-refractivity contribution is 5.91. The zero-order valence-electron chi connectivity index (χ0n) is 19.1. The molecule has 0 aliphatic heterocycles. The van der Waals surface area contributed by atoms with Crippen molar-refractivity contribution < 1.29 is 23.9 Å². The van der Waals surface area contributed by atoms with E-state index in [1.54, 1.807) is 33.2 Å². The molecule has 0 saturated heterocycles. The van der Waals surface area contributed by atoms with Gasteiger partial charge in [0.2, 0.25) is 5.91 Å². The largest absolute Gasteiger partial charge is 0.467 e. The molecule has 0 spiro atoms. The Kier molecular flexibility index (Phi) is 7.37. The second kappa shape index (κ2) is 10.2. The molecule has 0 aliphatic rings. The van der Waals surface area contributed by atoms with Crippen molar-refractivity contribution in [2.45, 2.75) is 51.3 Å². The van der Waals surface area contributed by atoms with Gasteiger partial charge < -0.3 is 30.1 Å². The van der Waals surface area contributed by atoms with Crippen molar-refractivity contribution in [3.05, 3.63) is 54.2 Å². The zero-order valence-corrected chi connectivity index (χ0v) is 19.1. The summed E-state index contributed by atoms with van der Waals surface area (Å²) in [5, 5.41) is 6.26. The summed E-state index contributed by atoms with van der Waals surface area (Å²) in [7, 11) is 1.25. The van der Waals surface area contributed by atoms with Gasteiger partial charge in [0, 0.05) is 41.8 Å². The molecule has 1 aromatic carbocycles. The lowest BCUT2D eigenvalue weighted by Crippen LogP contribution is -2.54. The summed E-state index contributed by atoms with van der Waals surface area (Å²) in [6.45, 7) is 5.21. The monoisotopic (exact) mass is 455 g/mol. The minimum Gasteiger partial charge on any atom is -0.467 e. The molecule has 0 bridgehead atoms. The summed E-state index contributed by atoms with van der Waals surface area (Å²) in [4.78, 5) is 48.0. The van der Waals surface area contributed by atoms with E-state index < -0.39 is 35.7 Å². The fourth-order valence-electron chi connectivity index (χ4n) is 3.40. The van der Waals surface area contributed by atoms with Crippen molar-refractivity contribution >= 4 is 28.9 Å². The lowest BCUT2D eigenvalue weighted by atomic mass is 10.0. The van der Waals surface area contributed by atoms with E-state index in [9.17, 15) is 14.4 Å². The van der Waals surface area contributed by atoms with Crippen LogP contribution in [0.5, 0.6) is 0 Å². The number of ether oxygens (including phenoxy) is 2. The summed E-state index contributed by atoms with van der Waals surface area (Å²) in [6, 6.07) is 5.70. The fraction of sp³-hybridized carbons (Fsp3) is 0.391. The average Bonchev–Trinajstić information content (AvgIpc) is 3.41. The van der Waals surface area contributed by atoms with Crippen molar-refractivity contribution in [1.82, 2.24) is 25.6 Å². The van der Waals surface area contributed by atoms with E-state index in [2.05, 4.69) is 25.6 Å². The number of imidazole rings is 1. The van der Waals surface area contributed by atoms with Crippen molar-refractivity contribution in [2.24, 2.45) is 0 Å². The number of carbonyl (C=O) groups is 3. The minimum absolute atomic E-state index is 0.157. The predicted molar refractivity (Wildman–Crippen MR) is 121 cm³/mol. The number of amides is 2. The van der Waals surface area contributed by atoms with Gasteiger partial charge in [-0.15, -0.1) is 0 Å². The Bertz CT molecular complexity index is 1100. The van der Waals surface area contributed by atoms with E-state index in [-0.39, 0.29) is 12.8 Å². The number of para-hydroxylation sites is 1. The molecular weight excluding hydrogens is 426 g/mol. The molecule has 10 heteroatoms. The second-order valence-electron chi connectivity index (χ2n) is 8.63. The van der Waals surface area contributed by atoms with Gasteiger partial charge >= 0.3 is 12.1 Å². The van der Waals surface area contributed by atoms with Crippen LogP contribution in [0.4, 0.5) is 4.79 Å². The Morgan fingerprint density at radius 3 is 2.48 bits per heavy atom. The number of benzene rings is 1. The Morgan fingerprint density at radius 1 is 1.06 bits per heavy atom. The smallest absolute Gasteiger partial charge is 0.408 e. The molecular formula is C23H29N5O5. The van der Waals surface area contributed by atoms with Gasteiger partial charge in [-0.1, -0.05) is 18.2 Å². The quantitative estimate of drug-likeness (QED) is 0.384. The van der Waals surface area contributed by atoms with Crippen LogP contribution in [0.1, 0.15) is 32.0 Å². The first kappa shape index (κ1) is 23.8. The van der Waals surface area contributed by atoms with Crippen molar-refractivity contribution in [1.29, 1.82) is 0 Å². The molecule has 2 heterocycles. The third-order valence-electron chi connectivity index (χ3n) is 4.89. The summed E-state index contributed by atoms with van der Waals surface area (Å²) in [5.41, 5.74) is 1.67. The Labute approximate surface area is 191 Å². The van der Waals surface area contributed by atoms with Crippen molar-refractivity contribution in [3.63, 3.8) is 0 Å². The van der Waals surface area contributed by atoms with Gasteiger partial charge in [0.1, 0.15) is 17.7 Å². The van der Waals surface area contributed by atoms with Crippen molar-refractivity contribution in [3.8, 4) is 0 Å². The van der Waals surface area contributed by atoms with Crippen LogP contribution in [0.15, 0.2) is 43.0 Å². The first-order valence-electron chi connectivity index (χ1n) is 10.6. The van der Waals surface area contributed by atoms with Crippen LogP contribution in [0.25, 0.3) is 10.9 Å². The maximum atomic E-state index is 13.2. The molecule has 3 aromatic rings. The number of hydrogen-bond donors (Lipinski definition) is 4. The summed E-state index contributed by atoms with van der Waals surface area (Å²) < 4.78 is 10.2. The van der Waals surface area contributed by atoms with Gasteiger partial charge in [-0.05, 0) is 32.4 Å². The molecule has 33 heavy (non-hydrogen) atoms. The number of fused-ring (bicyclic) bond motifs is 1. The number of nitrogens with one attached hydrogen (secondary N) is 4. The first-order valence-corrected chi connectivity index (χ1v) is 10.6. The highest BCUT2D eigenvalue weighted by Gasteiger charge is 2.30. The standard InChI is InChI=1S/C23H29N5O5/c1-23(2,3)33-22(31)28-18(9-14-11-25-17-8-6-5-7-16(14)17)20(29)27-19(21(30)32-4)10-15-12-24-13-26-15/h5-8,11-13,18-19,25H,9-10H2,1-4H3,(H,24,26)(H,27,29)(H,28,31)/t18-,19+/m1/s1. The molecule has 176 valence electrons. The summed E-state index contributed by atoms with van der Waals surface area (Å²) >= 11 is 0. The third-order valence-corrected chi connectivity index (χ3v) is 4.89. The SMILES string of the molecule is COC(=O)[C@H](Cc1cnc[nH]1)NC(=O)[C@@H](Cc1c[nH]c2ccccc12)NC(=O)OC(C)(C)C. The lowest BCUT2D eigenvalue weighted by Gasteiger charge is -2.24. The normalized spacial score (nSPS) is 13.2. The van der Waals surface area contributed by atoms with Crippen LogP contribution in [0.3, 0.4) is 0 Å². The maximum absolute atomic E-state index is 13.2. The van der Waals surface area contributed by atoms with Crippen LogP contribution < -0.4 is 10.6 Å². The van der Waals surface area contributed by atoms with Gasteiger partial charge in [0.05, 0.1) is 13.4 Å². The number of nitrogens with zero attached hydrogens (tertiary/aromatic N) is 1. The van der Waals surface area contributed by atoms with E-state index in [1.807, 2.05) is 24.3 Å². The number of esters is 1. The average molecular weight is 456 g/mol. The first-order chi connectivity index (χ1) is 15.7. The van der Waals surface area contributed by atoms with E-state index in [0.29, 0.717) is 5.69 Å². The molecule has 2 aromatic heterocycles. The highest BCUT2D eigenvalue weighted by atomic mass is 16.6. The van der Waals surface area contributed by atoms with Crippen LogP contribution in [-0.4, -0.2) is 57.7 Å². The van der Waals surface area contributed by atoms with E-state index in [0.717, 1.165) is 16.5 Å². The van der Waals surface area contributed by atoms with Crippen LogP contribution in [0, 0.1) is 0 Å². The van der Waals surface area contributed by atoms with Gasteiger partial charge in [-0.2, -0.15) is 0 Å². The Morgan fingerprint density at radius 2 is 1.82 bits per heavy atom. The van der Waals surface area contributed by atoms with Crippen LogP contribution in [0.2, 0.25) is 0 Å². The lowest BCUT2D eigenvalue weighted by molar-refractivity contribution is -0.145. The van der Waals surface area contributed by atoms with E-state index in [4.69, 9.17) is 9.47 Å². The third kappa shape index (κ3) is 6.58. The van der Waals surface area contributed by atoms with Crippen LogP contribution in [-0.2, 0) is 31.9 Å². The number of methoxy groups -OCH3 is 1. The van der Waals surface area contributed by atoms with Gasteiger partial charge in [0.25, 0.3) is 0 Å². The molecule has 2 atom stereocenters. The molecule has 0 unspecified atom stereocenters. The summed E-state index contributed by atoms with van der Waals surface area (Å²) in [6.07, 6.45) is 4.45. The Hall–Kier alpha value is -3.82. The fourth-order valence-corrected chi connectivity index (χ4v) is 3.40. The number of carbonyl (C=O) groups excluding carboxylic acids is 3. The number of aromatic nitrogens is 3. The van der Waals surface area contributed by atoms with Gasteiger partial charge in [-0.25, -0.2) is 14.6 Å². The molecule has 10 nitrogen and oxygen atoms in total. The summed E-state index contributed by atoms with van der Waals surface area (Å²) in [5.74, 6) is -1.15. The van der Waals surface area contributed by atoms with Gasteiger partial charge in [-0.3, -0.25) is 4.79 Å². The van der Waals surface area contributed by atoms with Crippen molar-refractivity contribution in [2.75, 3.05) is 7.11 Å². The number of rotatable bonds is 8. The topological polar surface area (TPSA) is 138 Å². The molecule has 0 saturated carbocycles. The van der Waals surface area contributed by atoms with E-state index >= 15 is 0 Å². The molecule has 0 radical (unpaired) electrons. The molecule has 0 aliphatic carbocycles. The zero-order chi connectivity index (χ0) is 24.0. The van der Waals surface area contributed by atoms with Gasteiger partial charge in [0.15, 0.2) is 0 Å². The molecule has 0 fully saturated rings. The molecule has 4 N–H and O–H groups in total. The molecule has 3 rings (SSSR count). The maximum Gasteiger partial charge on any atom is 0.408 e. The highest BCUT2D eigenvalue weighted by Crippen LogP contribution is 2.19. The number of aromatic amines is 2. The van der Waals surface area contributed by atoms with Crippen LogP contribution >= 0.6 is 0 Å². The number of alkyl carbamates (subject to hydrolysis) is 1. The molecule has 2 amide bonds. The Balaban J connectivity index is 1.82. The minimum atomic E-state index is -0.993. The second-order valence-corrected chi connectivity index (χ2v) is 8.63.